The summed E-state index contributed by atoms with van der Waals surface area (Å²) in [5.41, 5.74) is 1.27. The monoisotopic (exact) mass is 550 g/mol. The average Bonchev–Trinajstić information content (AvgIpc) is 3.14. The highest BCUT2D eigenvalue weighted by Gasteiger charge is 2.47. The summed E-state index contributed by atoms with van der Waals surface area (Å²) in [5, 5.41) is 11.3. The number of carbonyl (C=O) groups is 3. The number of amides is 1. The summed E-state index contributed by atoms with van der Waals surface area (Å²) < 4.78 is 11.1. The maximum Gasteiger partial charge on any atom is 0.338 e. The molecule has 1 atom stereocenters. The molecule has 0 spiro atoms. The van der Waals surface area contributed by atoms with Crippen LogP contribution in [0.5, 0.6) is 5.75 Å². The summed E-state index contributed by atoms with van der Waals surface area (Å²) in [4.78, 5) is 44.5. The van der Waals surface area contributed by atoms with Crippen LogP contribution in [-0.2, 0) is 14.3 Å². The molecule has 1 amide bonds. The molecular formula is C27H23BrN2O6. The molecule has 1 saturated heterocycles. The van der Waals surface area contributed by atoms with Crippen LogP contribution < -0.4 is 9.64 Å². The third-order valence-corrected chi connectivity index (χ3v) is 6.19. The second kappa shape index (κ2) is 10.3. The molecule has 0 saturated carbocycles. The van der Waals surface area contributed by atoms with Crippen LogP contribution in [0.3, 0.4) is 0 Å². The number of methoxy groups -OCH3 is 1. The van der Waals surface area contributed by atoms with Crippen molar-refractivity contribution < 1.29 is 29.0 Å². The first-order valence-electron chi connectivity index (χ1n) is 11.1. The molecule has 36 heavy (non-hydrogen) atoms. The Morgan fingerprint density at radius 1 is 1.08 bits per heavy atom. The molecule has 1 unspecified atom stereocenters. The molecule has 2 heterocycles. The van der Waals surface area contributed by atoms with Crippen molar-refractivity contribution in [3.05, 3.63) is 93.7 Å². The minimum absolute atomic E-state index is 0.0970. The van der Waals surface area contributed by atoms with Gasteiger partial charge in [-0.3, -0.25) is 19.5 Å². The molecule has 0 aliphatic carbocycles. The molecule has 1 aliphatic heterocycles. The number of carbonyl (C=O) groups excluding carboxylic acids is 3. The van der Waals surface area contributed by atoms with E-state index in [0.29, 0.717) is 27.0 Å². The van der Waals surface area contributed by atoms with Gasteiger partial charge in [-0.1, -0.05) is 12.1 Å². The Kier molecular flexibility index (Phi) is 7.21. The van der Waals surface area contributed by atoms with E-state index in [1.807, 2.05) is 0 Å². The fourth-order valence-electron chi connectivity index (χ4n) is 3.99. The van der Waals surface area contributed by atoms with Gasteiger partial charge in [0.1, 0.15) is 11.5 Å². The zero-order valence-corrected chi connectivity index (χ0v) is 21.4. The van der Waals surface area contributed by atoms with E-state index >= 15 is 0 Å². The number of anilines is 1. The summed E-state index contributed by atoms with van der Waals surface area (Å²) in [7, 11) is 1.51. The van der Waals surface area contributed by atoms with Gasteiger partial charge in [0.25, 0.3) is 11.7 Å². The molecular weight excluding hydrogens is 528 g/mol. The normalized spacial score (nSPS) is 16.9. The number of esters is 1. The SMILES string of the molecule is COc1ccc(/C(O)=C2\C(=O)C(=O)N(c3cccc(C(=O)OC(C)C)c3)C2c2cccnc2)cc1Br. The van der Waals surface area contributed by atoms with Gasteiger partial charge in [0, 0.05) is 23.6 Å². The van der Waals surface area contributed by atoms with Gasteiger partial charge >= 0.3 is 5.97 Å². The van der Waals surface area contributed by atoms with E-state index < -0.39 is 23.7 Å². The highest BCUT2D eigenvalue weighted by molar-refractivity contribution is 9.10. The van der Waals surface area contributed by atoms with Gasteiger partial charge in [0.15, 0.2) is 0 Å². The molecule has 184 valence electrons. The van der Waals surface area contributed by atoms with Crippen molar-refractivity contribution >= 4 is 45.0 Å². The highest BCUT2D eigenvalue weighted by Crippen LogP contribution is 2.42. The number of hydrogen-bond acceptors (Lipinski definition) is 7. The Labute approximate surface area is 216 Å². The van der Waals surface area contributed by atoms with E-state index in [2.05, 4.69) is 20.9 Å². The molecule has 0 radical (unpaired) electrons. The van der Waals surface area contributed by atoms with Gasteiger partial charge in [-0.2, -0.15) is 0 Å². The summed E-state index contributed by atoms with van der Waals surface area (Å²) in [6.07, 6.45) is 2.77. The second-order valence-electron chi connectivity index (χ2n) is 8.31. The van der Waals surface area contributed by atoms with Crippen LogP contribution in [0.4, 0.5) is 5.69 Å². The lowest BCUT2D eigenvalue weighted by molar-refractivity contribution is -0.132. The van der Waals surface area contributed by atoms with E-state index in [0.717, 1.165) is 0 Å². The number of hydrogen-bond donors (Lipinski definition) is 1. The lowest BCUT2D eigenvalue weighted by Crippen LogP contribution is -2.29. The number of benzene rings is 2. The lowest BCUT2D eigenvalue weighted by atomic mass is 9.96. The van der Waals surface area contributed by atoms with Gasteiger partial charge in [-0.25, -0.2) is 4.79 Å². The molecule has 1 fully saturated rings. The fraction of sp³-hybridized carbons (Fsp3) is 0.185. The van der Waals surface area contributed by atoms with Crippen molar-refractivity contribution in [2.75, 3.05) is 12.0 Å². The zero-order chi connectivity index (χ0) is 26.0. The number of pyridine rings is 1. The molecule has 0 bridgehead atoms. The van der Waals surface area contributed by atoms with Crippen molar-refractivity contribution in [3.8, 4) is 5.75 Å². The van der Waals surface area contributed by atoms with Crippen molar-refractivity contribution in [2.24, 2.45) is 0 Å². The molecule has 3 aromatic rings. The predicted octanol–water partition coefficient (Wildman–Crippen LogP) is 5.04. The number of ether oxygens (including phenoxy) is 2. The van der Waals surface area contributed by atoms with Crippen molar-refractivity contribution in [1.29, 1.82) is 0 Å². The van der Waals surface area contributed by atoms with Gasteiger partial charge in [-0.05, 0) is 77.8 Å². The Morgan fingerprint density at radius 3 is 2.50 bits per heavy atom. The fourth-order valence-corrected chi connectivity index (χ4v) is 4.53. The third-order valence-electron chi connectivity index (χ3n) is 5.57. The summed E-state index contributed by atoms with van der Waals surface area (Å²) in [6, 6.07) is 13.5. The topological polar surface area (TPSA) is 106 Å². The largest absolute Gasteiger partial charge is 0.507 e. The number of rotatable bonds is 6. The Balaban J connectivity index is 1.88. The maximum absolute atomic E-state index is 13.3. The van der Waals surface area contributed by atoms with E-state index in [9.17, 15) is 19.5 Å². The molecule has 8 nitrogen and oxygen atoms in total. The first-order chi connectivity index (χ1) is 17.2. The average molecular weight is 551 g/mol. The Hall–Kier alpha value is -3.98. The van der Waals surface area contributed by atoms with E-state index in [1.54, 1.807) is 68.6 Å². The van der Waals surface area contributed by atoms with Crippen molar-refractivity contribution in [3.63, 3.8) is 0 Å². The number of aliphatic hydroxyl groups is 1. The lowest BCUT2D eigenvalue weighted by Gasteiger charge is -2.25. The summed E-state index contributed by atoms with van der Waals surface area (Å²) in [5.74, 6) is -2.05. The molecule has 9 heteroatoms. The molecule has 4 rings (SSSR count). The van der Waals surface area contributed by atoms with Crippen LogP contribution in [0.25, 0.3) is 5.76 Å². The minimum Gasteiger partial charge on any atom is -0.507 e. The zero-order valence-electron chi connectivity index (χ0n) is 19.8. The number of aliphatic hydroxyl groups excluding tert-OH is 1. The smallest absolute Gasteiger partial charge is 0.338 e. The molecule has 1 aliphatic rings. The number of nitrogens with zero attached hydrogens (tertiary/aromatic N) is 2. The molecule has 1 N–H and O–H groups in total. The molecule has 1 aromatic heterocycles. The van der Waals surface area contributed by atoms with Gasteiger partial charge < -0.3 is 14.6 Å². The third kappa shape index (κ3) is 4.74. The minimum atomic E-state index is -0.976. The second-order valence-corrected chi connectivity index (χ2v) is 9.16. The first kappa shape index (κ1) is 25.1. The standard InChI is InChI=1S/C27H23BrN2O6/c1-15(2)36-27(34)17-6-4-8-19(12-17)30-23(18-7-5-11-29-14-18)22(25(32)26(30)33)24(31)16-9-10-21(35-3)20(28)13-16/h4-15,23,31H,1-3H3/b24-22+. The maximum atomic E-state index is 13.3. The van der Waals surface area contributed by atoms with Crippen molar-refractivity contribution in [2.45, 2.75) is 26.0 Å². The van der Waals surface area contributed by atoms with Crippen LogP contribution in [0.15, 0.2) is 77.0 Å². The Bertz CT molecular complexity index is 1370. The van der Waals surface area contributed by atoms with Crippen LogP contribution >= 0.6 is 15.9 Å². The highest BCUT2D eigenvalue weighted by atomic mass is 79.9. The van der Waals surface area contributed by atoms with Crippen molar-refractivity contribution in [1.82, 2.24) is 4.98 Å². The quantitative estimate of drug-likeness (QED) is 0.198. The number of Topliss-reactive ketones (excluding diaryl/α,β-unsaturated/α-hetero) is 1. The van der Waals surface area contributed by atoms with E-state index in [-0.39, 0.29) is 23.0 Å². The number of aromatic nitrogens is 1. The number of halogens is 1. The molecule has 2 aromatic carbocycles. The summed E-state index contributed by atoms with van der Waals surface area (Å²) >= 11 is 3.38. The van der Waals surface area contributed by atoms with Gasteiger partial charge in [0.2, 0.25) is 0 Å². The summed E-state index contributed by atoms with van der Waals surface area (Å²) in [6.45, 7) is 3.47. The van der Waals surface area contributed by atoms with Gasteiger partial charge in [0.05, 0.1) is 34.9 Å². The van der Waals surface area contributed by atoms with Crippen LogP contribution in [-0.4, -0.2) is 41.0 Å². The van der Waals surface area contributed by atoms with Crippen LogP contribution in [0.1, 0.15) is 41.4 Å². The van der Waals surface area contributed by atoms with E-state index in [1.165, 1.54) is 24.3 Å². The van der Waals surface area contributed by atoms with Crippen LogP contribution in [0, 0.1) is 0 Å². The number of ketones is 1. The van der Waals surface area contributed by atoms with Gasteiger partial charge in [-0.15, -0.1) is 0 Å². The van der Waals surface area contributed by atoms with E-state index in [4.69, 9.17) is 9.47 Å². The van der Waals surface area contributed by atoms with Crippen LogP contribution in [0.2, 0.25) is 0 Å². The predicted molar refractivity (Wildman–Crippen MR) is 137 cm³/mol. The first-order valence-corrected chi connectivity index (χ1v) is 11.9. The Morgan fingerprint density at radius 2 is 1.86 bits per heavy atom.